The average molecular weight is 346 g/mol. The zero-order chi connectivity index (χ0) is 17.6. The van der Waals surface area contributed by atoms with Crippen molar-refractivity contribution >= 4 is 11.6 Å². The molecule has 25 heavy (non-hydrogen) atoms. The molecular formula is C20H30N2O3. The molecular weight excluding hydrogens is 316 g/mol. The normalized spacial score (nSPS) is 22.1. The van der Waals surface area contributed by atoms with Gasteiger partial charge in [0.15, 0.2) is 11.5 Å². The second-order valence-corrected chi connectivity index (χ2v) is 7.15. The first-order valence-electron chi connectivity index (χ1n) is 9.62. The highest BCUT2D eigenvalue weighted by Crippen LogP contribution is 2.32. The topological polar surface area (TPSA) is 50.8 Å². The molecule has 2 aliphatic heterocycles. The highest BCUT2D eigenvalue weighted by molar-refractivity contribution is 5.94. The van der Waals surface area contributed by atoms with Crippen LogP contribution in [0.3, 0.4) is 0 Å². The van der Waals surface area contributed by atoms with E-state index in [4.69, 9.17) is 9.47 Å². The third-order valence-corrected chi connectivity index (χ3v) is 5.32. The SMILES string of the molecule is CCCC1CCCN(C(C)C(=O)Nc2ccc3c(c2)OCCO3)CC1. The van der Waals surface area contributed by atoms with Gasteiger partial charge in [0.25, 0.3) is 0 Å². The van der Waals surface area contributed by atoms with Gasteiger partial charge in [-0.15, -0.1) is 0 Å². The summed E-state index contributed by atoms with van der Waals surface area (Å²) in [4.78, 5) is 15.0. The van der Waals surface area contributed by atoms with E-state index in [0.717, 1.165) is 30.4 Å². The molecule has 2 heterocycles. The minimum absolute atomic E-state index is 0.0469. The Labute approximate surface area is 150 Å². The van der Waals surface area contributed by atoms with Crippen LogP contribution in [0.25, 0.3) is 0 Å². The zero-order valence-electron chi connectivity index (χ0n) is 15.4. The van der Waals surface area contributed by atoms with Crippen molar-refractivity contribution in [2.45, 2.75) is 52.0 Å². The van der Waals surface area contributed by atoms with Gasteiger partial charge in [0, 0.05) is 11.8 Å². The summed E-state index contributed by atoms with van der Waals surface area (Å²) < 4.78 is 11.1. The average Bonchev–Trinajstić information content (AvgIpc) is 2.87. The standard InChI is InChI=1S/C20H30N2O3/c1-3-5-16-6-4-10-22(11-9-16)15(2)20(23)21-17-7-8-18-19(14-17)25-13-12-24-18/h7-8,14-16H,3-6,9-13H2,1-2H3,(H,21,23). The number of nitrogens with zero attached hydrogens (tertiary/aromatic N) is 1. The maximum atomic E-state index is 12.7. The fraction of sp³-hybridized carbons (Fsp3) is 0.650. The summed E-state index contributed by atoms with van der Waals surface area (Å²) in [5.41, 5.74) is 0.764. The molecule has 1 amide bonds. The lowest BCUT2D eigenvalue weighted by atomic mass is 9.96. The van der Waals surface area contributed by atoms with E-state index in [1.807, 2.05) is 25.1 Å². The molecule has 3 rings (SSSR count). The maximum absolute atomic E-state index is 12.7. The number of anilines is 1. The zero-order valence-corrected chi connectivity index (χ0v) is 15.4. The molecule has 2 atom stereocenters. The number of hydrogen-bond acceptors (Lipinski definition) is 4. The smallest absolute Gasteiger partial charge is 0.241 e. The Balaban J connectivity index is 1.57. The summed E-state index contributed by atoms with van der Waals surface area (Å²) in [6.07, 6.45) is 6.25. The fourth-order valence-corrected chi connectivity index (χ4v) is 3.81. The molecule has 5 nitrogen and oxygen atoms in total. The largest absolute Gasteiger partial charge is 0.486 e. The van der Waals surface area contributed by atoms with E-state index in [1.165, 1.54) is 32.1 Å². The lowest BCUT2D eigenvalue weighted by molar-refractivity contribution is -0.120. The Morgan fingerprint density at radius 2 is 2.04 bits per heavy atom. The minimum atomic E-state index is -0.117. The summed E-state index contributed by atoms with van der Waals surface area (Å²) in [6, 6.07) is 5.46. The van der Waals surface area contributed by atoms with Crippen LogP contribution in [-0.4, -0.2) is 43.2 Å². The third-order valence-electron chi connectivity index (χ3n) is 5.32. The van der Waals surface area contributed by atoms with E-state index in [0.29, 0.717) is 19.0 Å². The monoisotopic (exact) mass is 346 g/mol. The first kappa shape index (κ1) is 18.1. The maximum Gasteiger partial charge on any atom is 0.241 e. The predicted molar refractivity (Wildman–Crippen MR) is 99.3 cm³/mol. The lowest BCUT2D eigenvalue weighted by Gasteiger charge is -2.27. The Kier molecular flexibility index (Phi) is 6.19. The number of carbonyl (C=O) groups is 1. The first-order valence-corrected chi connectivity index (χ1v) is 9.62. The highest BCUT2D eigenvalue weighted by atomic mass is 16.6. The molecule has 0 aliphatic carbocycles. The summed E-state index contributed by atoms with van der Waals surface area (Å²) in [6.45, 7) is 7.41. The van der Waals surface area contributed by atoms with Gasteiger partial charge in [0.1, 0.15) is 13.2 Å². The van der Waals surface area contributed by atoms with Gasteiger partial charge in [-0.1, -0.05) is 19.8 Å². The molecule has 1 fully saturated rings. The Morgan fingerprint density at radius 3 is 2.84 bits per heavy atom. The number of rotatable bonds is 5. The van der Waals surface area contributed by atoms with Gasteiger partial charge < -0.3 is 14.8 Å². The fourth-order valence-electron chi connectivity index (χ4n) is 3.81. The van der Waals surface area contributed by atoms with Crippen LogP contribution in [0.15, 0.2) is 18.2 Å². The van der Waals surface area contributed by atoms with Gasteiger partial charge >= 0.3 is 0 Å². The van der Waals surface area contributed by atoms with Crippen molar-refractivity contribution < 1.29 is 14.3 Å². The summed E-state index contributed by atoms with van der Waals surface area (Å²) in [5.74, 6) is 2.31. The number of hydrogen-bond donors (Lipinski definition) is 1. The van der Waals surface area contributed by atoms with E-state index >= 15 is 0 Å². The van der Waals surface area contributed by atoms with Gasteiger partial charge in [-0.25, -0.2) is 0 Å². The molecule has 0 bridgehead atoms. The predicted octanol–water partition coefficient (Wildman–Crippen LogP) is 3.69. The second-order valence-electron chi connectivity index (χ2n) is 7.15. The number of likely N-dealkylation sites (tertiary alicyclic amines) is 1. The number of nitrogens with one attached hydrogen (secondary N) is 1. The van der Waals surface area contributed by atoms with E-state index in [-0.39, 0.29) is 11.9 Å². The lowest BCUT2D eigenvalue weighted by Crippen LogP contribution is -2.42. The minimum Gasteiger partial charge on any atom is -0.486 e. The Bertz CT molecular complexity index is 590. The molecule has 0 radical (unpaired) electrons. The molecule has 1 N–H and O–H groups in total. The summed E-state index contributed by atoms with van der Waals surface area (Å²) in [5, 5.41) is 3.03. The van der Waals surface area contributed by atoms with Gasteiger partial charge in [0.2, 0.25) is 5.91 Å². The molecule has 138 valence electrons. The van der Waals surface area contributed by atoms with Crippen LogP contribution in [0, 0.1) is 5.92 Å². The molecule has 5 heteroatoms. The molecule has 2 unspecified atom stereocenters. The second kappa shape index (κ2) is 8.56. The quantitative estimate of drug-likeness (QED) is 0.883. The van der Waals surface area contributed by atoms with Crippen LogP contribution in [-0.2, 0) is 4.79 Å². The summed E-state index contributed by atoms with van der Waals surface area (Å²) in [7, 11) is 0. The van der Waals surface area contributed by atoms with E-state index in [1.54, 1.807) is 0 Å². The number of ether oxygens (including phenoxy) is 2. The van der Waals surface area contributed by atoms with Crippen LogP contribution < -0.4 is 14.8 Å². The van der Waals surface area contributed by atoms with Gasteiger partial charge in [-0.05, 0) is 57.3 Å². The van der Waals surface area contributed by atoms with Crippen LogP contribution in [0.1, 0.15) is 46.0 Å². The molecule has 1 aromatic carbocycles. The number of carbonyl (C=O) groups excluding carboxylic acids is 1. The number of amides is 1. The van der Waals surface area contributed by atoms with E-state index in [2.05, 4.69) is 17.1 Å². The van der Waals surface area contributed by atoms with Crippen molar-refractivity contribution in [3.8, 4) is 11.5 Å². The molecule has 2 aliphatic rings. The van der Waals surface area contributed by atoms with Crippen LogP contribution in [0.4, 0.5) is 5.69 Å². The number of fused-ring (bicyclic) bond motifs is 1. The molecule has 0 saturated carbocycles. The van der Waals surface area contributed by atoms with Gasteiger partial charge in [0.05, 0.1) is 6.04 Å². The summed E-state index contributed by atoms with van der Waals surface area (Å²) >= 11 is 0. The van der Waals surface area contributed by atoms with Crippen molar-refractivity contribution in [1.82, 2.24) is 4.90 Å². The van der Waals surface area contributed by atoms with Crippen LogP contribution in [0.5, 0.6) is 11.5 Å². The van der Waals surface area contributed by atoms with Crippen LogP contribution >= 0.6 is 0 Å². The third kappa shape index (κ3) is 4.66. The van der Waals surface area contributed by atoms with Crippen molar-refractivity contribution in [2.75, 3.05) is 31.6 Å². The van der Waals surface area contributed by atoms with Gasteiger partial charge in [-0.2, -0.15) is 0 Å². The van der Waals surface area contributed by atoms with E-state index in [9.17, 15) is 4.79 Å². The van der Waals surface area contributed by atoms with E-state index < -0.39 is 0 Å². The molecule has 0 aromatic heterocycles. The van der Waals surface area contributed by atoms with Crippen molar-refractivity contribution in [1.29, 1.82) is 0 Å². The van der Waals surface area contributed by atoms with Gasteiger partial charge in [-0.3, -0.25) is 9.69 Å². The van der Waals surface area contributed by atoms with Crippen LogP contribution in [0.2, 0.25) is 0 Å². The Morgan fingerprint density at radius 1 is 1.24 bits per heavy atom. The molecule has 1 aromatic rings. The molecule has 1 saturated heterocycles. The highest BCUT2D eigenvalue weighted by Gasteiger charge is 2.25. The van der Waals surface area contributed by atoms with Crippen molar-refractivity contribution in [2.24, 2.45) is 5.92 Å². The first-order chi connectivity index (χ1) is 12.2. The van der Waals surface area contributed by atoms with Crippen molar-refractivity contribution in [3.05, 3.63) is 18.2 Å². The number of benzene rings is 1. The molecule has 0 spiro atoms. The van der Waals surface area contributed by atoms with Crippen molar-refractivity contribution in [3.63, 3.8) is 0 Å². The Hall–Kier alpha value is -1.75.